The summed E-state index contributed by atoms with van der Waals surface area (Å²) in [5.74, 6) is -2.62. The molecule has 0 spiro atoms. The lowest BCUT2D eigenvalue weighted by molar-refractivity contribution is -0.0472. The number of halogens is 9. The molecule has 18 heteroatoms. The zero-order chi connectivity index (χ0) is 20.0. The van der Waals surface area contributed by atoms with E-state index in [9.17, 15) is 64.8 Å². The van der Waals surface area contributed by atoms with Crippen molar-refractivity contribution in [3.8, 4) is 0 Å². The highest BCUT2D eigenvalue weighted by molar-refractivity contribution is 8.09. The highest BCUT2D eigenvalue weighted by atomic mass is 32.3. The van der Waals surface area contributed by atoms with Gasteiger partial charge < -0.3 is 0 Å². The molecule has 0 aliphatic carbocycles. The van der Waals surface area contributed by atoms with Crippen LogP contribution in [0.1, 0.15) is 6.42 Å². The summed E-state index contributed by atoms with van der Waals surface area (Å²) in [6.45, 7) is 0. The third-order valence-electron chi connectivity index (χ3n) is 2.31. The van der Waals surface area contributed by atoms with E-state index in [0.29, 0.717) is 0 Å². The molecular formula is C6H5F9O6S3. The highest BCUT2D eigenvalue weighted by Gasteiger charge is 2.63. The Morgan fingerprint density at radius 1 is 0.583 bits per heavy atom. The number of hydrogen-bond acceptors (Lipinski definition) is 6. The van der Waals surface area contributed by atoms with E-state index in [0.717, 1.165) is 0 Å². The van der Waals surface area contributed by atoms with Gasteiger partial charge in [0.05, 0.1) is 5.75 Å². The molecule has 0 aromatic carbocycles. The summed E-state index contributed by atoms with van der Waals surface area (Å²) < 4.78 is 170. The topological polar surface area (TPSA) is 102 Å². The lowest BCUT2D eigenvalue weighted by Gasteiger charge is -2.21. The molecule has 0 atom stereocenters. The van der Waals surface area contributed by atoms with Crippen molar-refractivity contribution in [3.05, 3.63) is 0 Å². The molecule has 24 heavy (non-hydrogen) atoms. The van der Waals surface area contributed by atoms with Gasteiger partial charge in [-0.3, -0.25) is 0 Å². The summed E-state index contributed by atoms with van der Waals surface area (Å²) in [6.07, 6.45) is -2.62. The maximum atomic E-state index is 12.3. The van der Waals surface area contributed by atoms with E-state index in [-0.39, 0.29) is 0 Å². The van der Waals surface area contributed by atoms with E-state index in [2.05, 4.69) is 0 Å². The smallest absolute Gasteiger partial charge is 0.220 e. The summed E-state index contributed by atoms with van der Waals surface area (Å²) in [6, 6.07) is 0. The van der Waals surface area contributed by atoms with Crippen LogP contribution in [0, 0.1) is 0 Å². The number of sulfone groups is 3. The maximum absolute atomic E-state index is 12.3. The van der Waals surface area contributed by atoms with Crippen LogP contribution < -0.4 is 0 Å². The Hall–Kier alpha value is -0.780. The Balaban J connectivity index is 6.18. The van der Waals surface area contributed by atoms with Gasteiger partial charge >= 0.3 is 16.5 Å². The summed E-state index contributed by atoms with van der Waals surface area (Å²) in [7, 11) is -20.7. The number of hydrogen-bond donors (Lipinski definition) is 0. The maximum Gasteiger partial charge on any atom is 0.498 e. The zero-order valence-electron chi connectivity index (χ0n) is 10.6. The van der Waals surface area contributed by atoms with Gasteiger partial charge in [0.25, 0.3) is 19.7 Å². The van der Waals surface area contributed by atoms with Crippen molar-refractivity contribution < 1.29 is 64.8 Å². The van der Waals surface area contributed by atoms with Crippen molar-refractivity contribution >= 4 is 29.5 Å². The van der Waals surface area contributed by atoms with Crippen molar-refractivity contribution in [3.63, 3.8) is 0 Å². The van der Waals surface area contributed by atoms with Crippen LogP contribution in [0.5, 0.6) is 0 Å². The van der Waals surface area contributed by atoms with Gasteiger partial charge in [0.2, 0.25) is 9.84 Å². The molecule has 0 rings (SSSR count). The Kier molecular flexibility index (Phi) is 5.98. The largest absolute Gasteiger partial charge is 0.498 e. The Morgan fingerprint density at radius 2 is 0.875 bits per heavy atom. The predicted octanol–water partition coefficient (Wildman–Crippen LogP) is 1.51. The molecular weight excluding hydrogens is 435 g/mol. The van der Waals surface area contributed by atoms with Gasteiger partial charge in [-0.1, -0.05) is 0 Å². The van der Waals surface area contributed by atoms with E-state index >= 15 is 0 Å². The fourth-order valence-corrected chi connectivity index (χ4v) is 5.66. The predicted molar refractivity (Wildman–Crippen MR) is 58.2 cm³/mol. The third-order valence-corrected chi connectivity index (χ3v) is 8.46. The standard InChI is InChI=1S/C6H5F9O6S3/c7-4(8,9)22(16,17)2-1-3(23(18,19)5(10,11)12)24(20,21)6(13,14)15/h3H,1-2H2. The molecule has 0 N–H and O–H groups in total. The third kappa shape index (κ3) is 4.44. The second kappa shape index (κ2) is 6.19. The van der Waals surface area contributed by atoms with E-state index < -0.39 is 62.8 Å². The second-order valence-electron chi connectivity index (χ2n) is 3.96. The summed E-state index contributed by atoms with van der Waals surface area (Å²) >= 11 is 0. The quantitative estimate of drug-likeness (QED) is 0.601. The molecule has 0 aliphatic heterocycles. The molecule has 0 amide bonds. The van der Waals surface area contributed by atoms with E-state index in [4.69, 9.17) is 0 Å². The second-order valence-corrected chi connectivity index (χ2v) is 10.6. The normalized spacial score (nSPS) is 15.8. The van der Waals surface area contributed by atoms with Crippen LogP contribution in [-0.2, 0) is 29.5 Å². The van der Waals surface area contributed by atoms with Gasteiger partial charge in [-0.25, -0.2) is 25.3 Å². The summed E-state index contributed by atoms with van der Waals surface area (Å²) in [5.41, 5.74) is -19.3. The Bertz CT molecular complexity index is 723. The van der Waals surface area contributed by atoms with Gasteiger partial charge in [0.1, 0.15) is 0 Å². The first-order valence-electron chi connectivity index (χ1n) is 4.98. The molecule has 0 radical (unpaired) electrons. The lowest BCUT2D eigenvalue weighted by atomic mass is 10.6. The van der Waals surface area contributed by atoms with Gasteiger partial charge in [0.15, 0.2) is 4.58 Å². The molecule has 0 aliphatic rings. The molecule has 0 fully saturated rings. The molecule has 146 valence electrons. The van der Waals surface area contributed by atoms with Crippen LogP contribution >= 0.6 is 0 Å². The average Bonchev–Trinajstić information content (AvgIpc) is 2.23. The van der Waals surface area contributed by atoms with E-state index in [1.807, 2.05) is 0 Å². The van der Waals surface area contributed by atoms with Gasteiger partial charge in [-0.15, -0.1) is 0 Å². The van der Waals surface area contributed by atoms with Crippen molar-refractivity contribution in [1.82, 2.24) is 0 Å². The molecule has 0 saturated heterocycles. The van der Waals surface area contributed by atoms with Gasteiger partial charge in [0, 0.05) is 0 Å². The molecule has 0 unspecified atom stereocenters. The van der Waals surface area contributed by atoms with Crippen LogP contribution in [0.2, 0.25) is 0 Å². The molecule has 0 saturated carbocycles. The van der Waals surface area contributed by atoms with Crippen LogP contribution in [-0.4, -0.2) is 52.1 Å². The minimum absolute atomic E-state index is 2.62. The molecule has 6 nitrogen and oxygen atoms in total. The zero-order valence-corrected chi connectivity index (χ0v) is 13.0. The van der Waals surface area contributed by atoms with Crippen molar-refractivity contribution in [2.24, 2.45) is 0 Å². The van der Waals surface area contributed by atoms with Gasteiger partial charge in [-0.2, -0.15) is 39.5 Å². The minimum atomic E-state index is -7.19. The Morgan fingerprint density at radius 3 is 1.08 bits per heavy atom. The van der Waals surface area contributed by atoms with Crippen molar-refractivity contribution in [2.75, 3.05) is 5.75 Å². The SMILES string of the molecule is O=S(=O)(CCC(S(=O)(=O)C(F)(F)F)S(=O)(=O)C(F)(F)F)C(F)(F)F. The minimum Gasteiger partial charge on any atom is -0.220 e. The first-order valence-corrected chi connectivity index (χ1v) is 9.73. The number of rotatable bonds is 5. The lowest BCUT2D eigenvalue weighted by Crippen LogP contribution is -2.46. The number of alkyl halides is 9. The van der Waals surface area contributed by atoms with Crippen LogP contribution in [0.15, 0.2) is 0 Å². The molecule has 0 heterocycles. The average molecular weight is 440 g/mol. The van der Waals surface area contributed by atoms with Gasteiger partial charge in [-0.05, 0) is 6.42 Å². The fraction of sp³-hybridized carbons (Fsp3) is 1.00. The monoisotopic (exact) mass is 440 g/mol. The van der Waals surface area contributed by atoms with Crippen molar-refractivity contribution in [2.45, 2.75) is 27.5 Å². The highest BCUT2D eigenvalue weighted by Crippen LogP contribution is 2.38. The van der Waals surface area contributed by atoms with E-state index in [1.165, 1.54) is 0 Å². The van der Waals surface area contributed by atoms with Crippen LogP contribution in [0.3, 0.4) is 0 Å². The van der Waals surface area contributed by atoms with E-state index in [1.54, 1.807) is 0 Å². The fourth-order valence-electron chi connectivity index (χ4n) is 1.14. The summed E-state index contributed by atoms with van der Waals surface area (Å²) in [5, 5.41) is 0. The molecule has 0 aromatic rings. The summed E-state index contributed by atoms with van der Waals surface area (Å²) in [4.78, 5) is 0. The molecule has 0 aromatic heterocycles. The molecule has 0 bridgehead atoms. The van der Waals surface area contributed by atoms with Crippen molar-refractivity contribution in [1.29, 1.82) is 0 Å². The Labute approximate surface area is 128 Å². The first kappa shape index (κ1) is 23.2. The van der Waals surface area contributed by atoms with Crippen LogP contribution in [0.25, 0.3) is 0 Å². The van der Waals surface area contributed by atoms with Crippen LogP contribution in [0.4, 0.5) is 39.5 Å². The first-order chi connectivity index (χ1) is 10.1.